The highest BCUT2D eigenvalue weighted by atomic mass is 32.1. The van der Waals surface area contributed by atoms with E-state index >= 15 is 0 Å². The van der Waals surface area contributed by atoms with Gasteiger partial charge in [0.2, 0.25) is 0 Å². The number of likely N-dealkylation sites (N-methyl/N-ethyl adjacent to an activating group) is 1. The summed E-state index contributed by atoms with van der Waals surface area (Å²) in [5.74, 6) is -0.115. The summed E-state index contributed by atoms with van der Waals surface area (Å²) in [6.45, 7) is 1.70. The first kappa shape index (κ1) is 11.1. The zero-order valence-corrected chi connectivity index (χ0v) is 10.5. The number of nitrogens with zero attached hydrogens (tertiary/aromatic N) is 1. The third kappa shape index (κ3) is 1.68. The molecule has 0 aliphatic carbocycles. The predicted octanol–water partition coefficient (Wildman–Crippen LogP) is 2.52. The first-order chi connectivity index (χ1) is 8.20. The van der Waals surface area contributed by atoms with E-state index in [1.807, 2.05) is 13.1 Å². The lowest BCUT2D eigenvalue weighted by molar-refractivity contribution is 0.280. The molecule has 17 heavy (non-hydrogen) atoms. The van der Waals surface area contributed by atoms with E-state index in [1.54, 1.807) is 17.4 Å². The van der Waals surface area contributed by atoms with Crippen molar-refractivity contribution in [2.75, 3.05) is 13.6 Å². The Bertz CT molecular complexity index is 578. The van der Waals surface area contributed by atoms with E-state index in [-0.39, 0.29) is 12.4 Å². The fraction of sp³-hybridized carbons (Fsp3) is 0.385. The molecule has 1 aromatic heterocycles. The van der Waals surface area contributed by atoms with Crippen molar-refractivity contribution in [2.24, 2.45) is 0 Å². The normalized spacial score (nSPS) is 16.4. The highest BCUT2D eigenvalue weighted by Gasteiger charge is 2.21. The van der Waals surface area contributed by atoms with Gasteiger partial charge in [-0.15, -0.1) is 11.3 Å². The Balaban J connectivity index is 2.35. The average molecular weight is 251 g/mol. The van der Waals surface area contributed by atoms with Crippen LogP contribution in [0.2, 0.25) is 0 Å². The summed E-state index contributed by atoms with van der Waals surface area (Å²) in [4.78, 5) is 3.15. The van der Waals surface area contributed by atoms with Crippen LogP contribution < -0.4 is 0 Å². The molecule has 0 amide bonds. The molecule has 1 N–H and O–H groups in total. The van der Waals surface area contributed by atoms with E-state index in [0.717, 1.165) is 45.6 Å². The second kappa shape index (κ2) is 4.05. The van der Waals surface area contributed by atoms with Crippen LogP contribution in [0.25, 0.3) is 10.1 Å². The number of benzene rings is 1. The average Bonchev–Trinajstić information content (AvgIpc) is 2.56. The molecule has 2 nitrogen and oxygen atoms in total. The molecule has 0 saturated carbocycles. The van der Waals surface area contributed by atoms with Crippen LogP contribution in [0.3, 0.4) is 0 Å². The van der Waals surface area contributed by atoms with Gasteiger partial charge >= 0.3 is 0 Å². The third-order valence-corrected chi connectivity index (χ3v) is 4.59. The van der Waals surface area contributed by atoms with Crippen LogP contribution in [0.5, 0.6) is 0 Å². The monoisotopic (exact) mass is 251 g/mol. The minimum atomic E-state index is -0.115. The molecule has 0 bridgehead atoms. The number of rotatable bonds is 1. The van der Waals surface area contributed by atoms with Gasteiger partial charge in [0.15, 0.2) is 0 Å². The standard InChI is InChI=1S/C13H14FNOS/c1-15-5-4-8-10(14)2-3-11-13(8)9(6-15)12(7-16)17-11/h2-3,16H,4-7H2,1H3. The lowest BCUT2D eigenvalue weighted by Crippen LogP contribution is -2.19. The Morgan fingerprint density at radius 1 is 1.41 bits per heavy atom. The van der Waals surface area contributed by atoms with Gasteiger partial charge in [-0.2, -0.15) is 0 Å². The van der Waals surface area contributed by atoms with Gasteiger partial charge < -0.3 is 10.0 Å². The Morgan fingerprint density at radius 3 is 3.00 bits per heavy atom. The molecule has 2 aromatic rings. The van der Waals surface area contributed by atoms with Gasteiger partial charge in [0.25, 0.3) is 0 Å². The lowest BCUT2D eigenvalue weighted by atomic mass is 10.0. The zero-order chi connectivity index (χ0) is 12.0. The molecule has 0 radical (unpaired) electrons. The molecule has 0 saturated heterocycles. The topological polar surface area (TPSA) is 23.5 Å². The number of aliphatic hydroxyl groups excluding tert-OH is 1. The van der Waals surface area contributed by atoms with E-state index in [0.29, 0.717) is 0 Å². The van der Waals surface area contributed by atoms with E-state index in [2.05, 4.69) is 4.90 Å². The van der Waals surface area contributed by atoms with Crippen LogP contribution in [-0.4, -0.2) is 23.6 Å². The van der Waals surface area contributed by atoms with Gasteiger partial charge in [0.1, 0.15) is 5.82 Å². The van der Waals surface area contributed by atoms with Crippen LogP contribution >= 0.6 is 11.3 Å². The van der Waals surface area contributed by atoms with Crippen molar-refractivity contribution in [3.8, 4) is 0 Å². The van der Waals surface area contributed by atoms with Crippen LogP contribution in [-0.2, 0) is 19.6 Å². The molecule has 1 aliphatic heterocycles. The van der Waals surface area contributed by atoms with Gasteiger partial charge in [0, 0.05) is 28.1 Å². The predicted molar refractivity (Wildman–Crippen MR) is 67.7 cm³/mol. The van der Waals surface area contributed by atoms with E-state index in [1.165, 1.54) is 0 Å². The van der Waals surface area contributed by atoms with Gasteiger partial charge in [-0.1, -0.05) is 0 Å². The van der Waals surface area contributed by atoms with Gasteiger partial charge in [0.05, 0.1) is 6.61 Å². The fourth-order valence-electron chi connectivity index (χ4n) is 2.54. The van der Waals surface area contributed by atoms with Crippen molar-refractivity contribution >= 4 is 21.4 Å². The molecule has 0 fully saturated rings. The molecule has 0 spiro atoms. The molecule has 90 valence electrons. The lowest BCUT2D eigenvalue weighted by Gasteiger charge is -2.13. The minimum Gasteiger partial charge on any atom is -0.391 e. The van der Waals surface area contributed by atoms with E-state index < -0.39 is 0 Å². The number of hydrogen-bond acceptors (Lipinski definition) is 3. The highest BCUT2D eigenvalue weighted by molar-refractivity contribution is 7.19. The van der Waals surface area contributed by atoms with Crippen LogP contribution in [0.4, 0.5) is 4.39 Å². The van der Waals surface area contributed by atoms with Crippen molar-refractivity contribution < 1.29 is 9.50 Å². The highest BCUT2D eigenvalue weighted by Crippen LogP contribution is 2.37. The molecule has 2 heterocycles. The smallest absolute Gasteiger partial charge is 0.127 e. The Kier molecular flexibility index (Phi) is 2.65. The number of halogens is 1. The fourth-order valence-corrected chi connectivity index (χ4v) is 3.65. The molecular formula is C13H14FNOS. The van der Waals surface area contributed by atoms with Crippen LogP contribution in [0.15, 0.2) is 12.1 Å². The summed E-state index contributed by atoms with van der Waals surface area (Å²) in [6.07, 6.45) is 0.744. The summed E-state index contributed by atoms with van der Waals surface area (Å²) in [7, 11) is 2.04. The van der Waals surface area contributed by atoms with E-state index in [4.69, 9.17) is 0 Å². The van der Waals surface area contributed by atoms with Gasteiger partial charge in [-0.25, -0.2) is 4.39 Å². The summed E-state index contributed by atoms with van der Waals surface area (Å²) < 4.78 is 15.0. The summed E-state index contributed by atoms with van der Waals surface area (Å²) in [6, 6.07) is 3.37. The Hall–Kier alpha value is -0.970. The third-order valence-electron chi connectivity index (χ3n) is 3.40. The Labute approximate surface area is 103 Å². The Morgan fingerprint density at radius 2 is 2.24 bits per heavy atom. The largest absolute Gasteiger partial charge is 0.391 e. The SMILES string of the molecule is CN1CCc2c(F)ccc3sc(CO)c(c23)C1. The summed E-state index contributed by atoms with van der Waals surface area (Å²) in [5, 5.41) is 10.5. The van der Waals surface area contributed by atoms with Crippen LogP contribution in [0, 0.1) is 5.82 Å². The van der Waals surface area contributed by atoms with Crippen molar-refractivity contribution in [1.82, 2.24) is 4.90 Å². The molecule has 0 atom stereocenters. The number of thiophene rings is 1. The number of hydrogen-bond donors (Lipinski definition) is 1. The molecular weight excluding hydrogens is 237 g/mol. The number of aliphatic hydroxyl groups is 1. The zero-order valence-electron chi connectivity index (χ0n) is 9.66. The minimum absolute atomic E-state index is 0.0452. The molecule has 1 aliphatic rings. The summed E-state index contributed by atoms with van der Waals surface area (Å²) >= 11 is 1.58. The van der Waals surface area contributed by atoms with E-state index in [9.17, 15) is 9.50 Å². The maximum atomic E-state index is 13.9. The maximum Gasteiger partial charge on any atom is 0.127 e. The molecule has 4 heteroatoms. The first-order valence-electron chi connectivity index (χ1n) is 5.71. The van der Waals surface area contributed by atoms with Crippen molar-refractivity contribution in [1.29, 1.82) is 0 Å². The quantitative estimate of drug-likeness (QED) is 0.842. The molecule has 0 unspecified atom stereocenters. The van der Waals surface area contributed by atoms with Gasteiger partial charge in [-0.3, -0.25) is 0 Å². The van der Waals surface area contributed by atoms with Crippen LogP contribution in [0.1, 0.15) is 16.0 Å². The summed E-state index contributed by atoms with van der Waals surface area (Å²) in [5.41, 5.74) is 1.93. The van der Waals surface area contributed by atoms with Crippen molar-refractivity contribution in [2.45, 2.75) is 19.6 Å². The second-order valence-corrected chi connectivity index (χ2v) is 5.69. The molecule has 1 aromatic carbocycles. The maximum absolute atomic E-state index is 13.9. The first-order valence-corrected chi connectivity index (χ1v) is 6.53. The second-order valence-electron chi connectivity index (χ2n) is 4.55. The van der Waals surface area contributed by atoms with Crippen molar-refractivity contribution in [3.05, 3.63) is 34.0 Å². The molecule has 3 rings (SSSR count). The van der Waals surface area contributed by atoms with Gasteiger partial charge in [-0.05, 0) is 36.7 Å². The van der Waals surface area contributed by atoms with Crippen molar-refractivity contribution in [3.63, 3.8) is 0 Å².